The van der Waals surface area contributed by atoms with Crippen LogP contribution in [0.25, 0.3) is 0 Å². The van der Waals surface area contributed by atoms with E-state index in [1.807, 2.05) is 0 Å². The van der Waals surface area contributed by atoms with Crippen LogP contribution in [0.5, 0.6) is 0 Å². The van der Waals surface area contributed by atoms with Gasteiger partial charge in [0.2, 0.25) is 0 Å². The molecule has 2 aliphatic carbocycles. The molecule has 2 aliphatic rings. The van der Waals surface area contributed by atoms with Crippen molar-refractivity contribution in [3.63, 3.8) is 0 Å². The van der Waals surface area contributed by atoms with Crippen molar-refractivity contribution in [2.45, 2.75) is 45.6 Å². The molecule has 0 heterocycles. The summed E-state index contributed by atoms with van der Waals surface area (Å²) in [6.45, 7) is 7.06. The summed E-state index contributed by atoms with van der Waals surface area (Å²) in [6.07, 6.45) is 3.91. The van der Waals surface area contributed by atoms with Gasteiger partial charge in [0.15, 0.2) is 0 Å². The third-order valence-corrected chi connectivity index (χ3v) is 4.72. The Hall–Kier alpha value is -0.0400. The molecule has 0 saturated heterocycles. The van der Waals surface area contributed by atoms with Crippen LogP contribution in [0.15, 0.2) is 0 Å². The summed E-state index contributed by atoms with van der Waals surface area (Å²) in [5, 5.41) is 0. The van der Waals surface area contributed by atoms with Crippen molar-refractivity contribution in [1.82, 2.24) is 0 Å². The molecule has 0 amide bonds. The van der Waals surface area contributed by atoms with E-state index in [-0.39, 0.29) is 5.54 Å². The van der Waals surface area contributed by atoms with E-state index in [0.29, 0.717) is 5.41 Å². The molecule has 2 rings (SSSR count). The van der Waals surface area contributed by atoms with Crippen LogP contribution in [-0.2, 0) is 0 Å². The Kier molecular flexibility index (Phi) is 1.26. The topological polar surface area (TPSA) is 26.0 Å². The van der Waals surface area contributed by atoms with Crippen molar-refractivity contribution < 1.29 is 0 Å². The van der Waals surface area contributed by atoms with Crippen LogP contribution in [0, 0.1) is 17.3 Å². The minimum absolute atomic E-state index is 0.178. The summed E-state index contributed by atoms with van der Waals surface area (Å²) in [4.78, 5) is 0. The van der Waals surface area contributed by atoms with Gasteiger partial charge in [-0.15, -0.1) is 0 Å². The van der Waals surface area contributed by atoms with Crippen molar-refractivity contribution in [3.05, 3.63) is 0 Å². The normalized spacial score (nSPS) is 53.5. The average molecular weight is 153 g/mol. The lowest BCUT2D eigenvalue weighted by Crippen LogP contribution is -2.50. The van der Waals surface area contributed by atoms with E-state index in [0.717, 1.165) is 11.8 Å². The van der Waals surface area contributed by atoms with Gasteiger partial charge in [-0.05, 0) is 36.5 Å². The van der Waals surface area contributed by atoms with Gasteiger partial charge in [-0.1, -0.05) is 20.8 Å². The van der Waals surface area contributed by atoms with Crippen molar-refractivity contribution in [3.8, 4) is 0 Å². The molecule has 0 aromatic carbocycles. The van der Waals surface area contributed by atoms with E-state index in [2.05, 4.69) is 20.8 Å². The van der Waals surface area contributed by atoms with Gasteiger partial charge in [-0.25, -0.2) is 0 Å². The van der Waals surface area contributed by atoms with Crippen LogP contribution in [0.2, 0.25) is 0 Å². The zero-order valence-electron chi connectivity index (χ0n) is 7.85. The van der Waals surface area contributed by atoms with E-state index in [9.17, 15) is 0 Å². The molecular formula is C10H19N. The second-order valence-corrected chi connectivity index (χ2v) is 5.17. The second kappa shape index (κ2) is 1.82. The van der Waals surface area contributed by atoms with Crippen LogP contribution in [0.3, 0.4) is 0 Å². The molecule has 0 spiro atoms. The van der Waals surface area contributed by atoms with Crippen molar-refractivity contribution in [2.24, 2.45) is 23.0 Å². The number of hydrogen-bond donors (Lipinski definition) is 1. The molecule has 0 aromatic heterocycles. The molecule has 0 unspecified atom stereocenters. The summed E-state index contributed by atoms with van der Waals surface area (Å²) in [6, 6.07) is 0. The molecule has 0 radical (unpaired) electrons. The molecule has 64 valence electrons. The van der Waals surface area contributed by atoms with Gasteiger partial charge >= 0.3 is 0 Å². The smallest absolute Gasteiger partial charge is 0.0211 e. The summed E-state index contributed by atoms with van der Waals surface area (Å²) in [5.74, 6) is 1.76. The minimum atomic E-state index is 0.178. The summed E-state index contributed by atoms with van der Waals surface area (Å²) in [7, 11) is 0. The Morgan fingerprint density at radius 3 is 2.27 bits per heavy atom. The first-order chi connectivity index (χ1) is 4.97. The van der Waals surface area contributed by atoms with Gasteiger partial charge in [0.05, 0.1) is 0 Å². The number of fused-ring (bicyclic) bond motifs is 2. The number of rotatable bonds is 0. The van der Waals surface area contributed by atoms with Crippen LogP contribution >= 0.6 is 0 Å². The van der Waals surface area contributed by atoms with Gasteiger partial charge in [0, 0.05) is 5.54 Å². The van der Waals surface area contributed by atoms with Crippen LogP contribution in [0.1, 0.15) is 40.0 Å². The molecule has 1 nitrogen and oxygen atoms in total. The molecule has 0 aliphatic heterocycles. The summed E-state index contributed by atoms with van der Waals surface area (Å²) >= 11 is 0. The number of hydrogen-bond acceptors (Lipinski definition) is 1. The quantitative estimate of drug-likeness (QED) is 0.567. The fourth-order valence-electron chi connectivity index (χ4n) is 3.17. The maximum atomic E-state index is 6.37. The van der Waals surface area contributed by atoms with E-state index < -0.39 is 0 Å². The van der Waals surface area contributed by atoms with Crippen molar-refractivity contribution >= 4 is 0 Å². The Labute approximate surface area is 69.4 Å². The fraction of sp³-hybridized carbons (Fsp3) is 1.00. The maximum absolute atomic E-state index is 6.37. The number of nitrogens with two attached hydrogens (primary N) is 1. The lowest BCUT2D eigenvalue weighted by molar-refractivity contribution is 0.111. The highest BCUT2D eigenvalue weighted by Crippen LogP contribution is 2.60. The molecule has 2 fully saturated rings. The molecule has 3 atom stereocenters. The van der Waals surface area contributed by atoms with Gasteiger partial charge < -0.3 is 5.73 Å². The first kappa shape index (κ1) is 7.60. The minimum Gasteiger partial charge on any atom is -0.325 e. The highest BCUT2D eigenvalue weighted by atomic mass is 14.9. The SMILES string of the molecule is C[C@@H]1[C@H]2CC[C@](N)(C2)C1(C)C. The predicted molar refractivity (Wildman–Crippen MR) is 47.2 cm³/mol. The molecule has 2 saturated carbocycles. The standard InChI is InChI=1S/C10H19N/c1-7-8-4-5-10(11,6-8)9(7,2)3/h7-8H,4-6,11H2,1-3H3/t7-,8+,10+/m1/s1. The molecule has 1 heteroatoms. The average Bonchev–Trinajstić information content (AvgIpc) is 2.36. The summed E-state index contributed by atoms with van der Waals surface area (Å²) in [5.41, 5.74) is 6.93. The van der Waals surface area contributed by atoms with E-state index >= 15 is 0 Å². The zero-order valence-corrected chi connectivity index (χ0v) is 7.85. The molecule has 2 N–H and O–H groups in total. The molecular weight excluding hydrogens is 134 g/mol. The molecule has 11 heavy (non-hydrogen) atoms. The van der Waals surface area contributed by atoms with E-state index in [4.69, 9.17) is 5.73 Å². The molecule has 2 bridgehead atoms. The van der Waals surface area contributed by atoms with Crippen LogP contribution < -0.4 is 5.73 Å². The van der Waals surface area contributed by atoms with Crippen LogP contribution in [0.4, 0.5) is 0 Å². The van der Waals surface area contributed by atoms with E-state index in [1.54, 1.807) is 0 Å². The Balaban J connectivity index is 2.36. The van der Waals surface area contributed by atoms with Crippen molar-refractivity contribution in [1.29, 1.82) is 0 Å². The zero-order chi connectivity index (χ0) is 8.28. The van der Waals surface area contributed by atoms with Gasteiger partial charge in [0.1, 0.15) is 0 Å². The Bertz CT molecular complexity index is 183. The van der Waals surface area contributed by atoms with Crippen molar-refractivity contribution in [2.75, 3.05) is 0 Å². The molecule has 0 aromatic rings. The van der Waals surface area contributed by atoms with Gasteiger partial charge in [0.25, 0.3) is 0 Å². The first-order valence-corrected chi connectivity index (χ1v) is 4.76. The second-order valence-electron chi connectivity index (χ2n) is 5.17. The first-order valence-electron chi connectivity index (χ1n) is 4.76. The third kappa shape index (κ3) is 0.703. The van der Waals surface area contributed by atoms with Gasteiger partial charge in [-0.2, -0.15) is 0 Å². The monoisotopic (exact) mass is 153 g/mol. The fourth-order valence-corrected chi connectivity index (χ4v) is 3.17. The predicted octanol–water partition coefficient (Wildman–Crippen LogP) is 2.16. The summed E-state index contributed by atoms with van der Waals surface area (Å²) < 4.78 is 0. The van der Waals surface area contributed by atoms with Crippen LogP contribution in [-0.4, -0.2) is 5.54 Å². The third-order valence-electron chi connectivity index (χ3n) is 4.72. The highest BCUT2D eigenvalue weighted by molar-refractivity contribution is 5.13. The Morgan fingerprint density at radius 1 is 1.36 bits per heavy atom. The maximum Gasteiger partial charge on any atom is 0.0211 e. The van der Waals surface area contributed by atoms with E-state index in [1.165, 1.54) is 19.3 Å². The lowest BCUT2D eigenvalue weighted by Gasteiger charge is -2.43. The Morgan fingerprint density at radius 2 is 2.00 bits per heavy atom. The highest BCUT2D eigenvalue weighted by Gasteiger charge is 2.58. The lowest BCUT2D eigenvalue weighted by atomic mass is 9.66. The largest absolute Gasteiger partial charge is 0.325 e. The van der Waals surface area contributed by atoms with Gasteiger partial charge in [-0.3, -0.25) is 0 Å².